The molecule has 0 saturated carbocycles. The standard InChI is InChI=1S/C38H39FN6O7S/c1-43(31-13-14-33(46)41-38(31)49)29-10-7-25(8-11-29)26-15-17-44(18-16-26)21-34(47)40-28-9-12-30-27(19-28)20-32(52-23-24-5-3-2-4-6-24)37(36(30)39)45-22-35(48)42-53(45,50)51/h2-12,19-20,26,31H,13-18,21-23H2,1H3,(H,40,47)(H,42,48)(H,41,46,49). The molecule has 1 atom stereocenters. The van der Waals surface area contributed by atoms with Crippen LogP contribution in [0.25, 0.3) is 10.8 Å². The lowest BCUT2D eigenvalue weighted by molar-refractivity contribution is -0.134. The summed E-state index contributed by atoms with van der Waals surface area (Å²) in [5.74, 6) is -2.14. The predicted molar refractivity (Wildman–Crippen MR) is 197 cm³/mol. The van der Waals surface area contributed by atoms with E-state index in [1.54, 1.807) is 12.1 Å². The Bertz CT molecular complexity index is 2180. The average molecular weight is 743 g/mol. The fourth-order valence-corrected chi connectivity index (χ4v) is 8.33. The van der Waals surface area contributed by atoms with E-state index < -0.39 is 28.5 Å². The van der Waals surface area contributed by atoms with Crippen molar-refractivity contribution in [2.75, 3.05) is 47.7 Å². The third-order valence-corrected chi connectivity index (χ3v) is 11.4. The zero-order chi connectivity index (χ0) is 37.3. The van der Waals surface area contributed by atoms with E-state index in [0.717, 1.165) is 37.2 Å². The zero-order valence-electron chi connectivity index (χ0n) is 29.0. The maximum Gasteiger partial charge on any atom is 0.326 e. The van der Waals surface area contributed by atoms with Crippen LogP contribution in [0.3, 0.4) is 0 Å². The van der Waals surface area contributed by atoms with Gasteiger partial charge < -0.3 is 15.0 Å². The lowest BCUT2D eigenvalue weighted by atomic mass is 9.89. The number of likely N-dealkylation sites (N-methyl/N-ethyl adjacent to an activating group) is 1. The molecule has 3 fully saturated rings. The van der Waals surface area contributed by atoms with Crippen molar-refractivity contribution in [2.45, 2.75) is 44.2 Å². The fraction of sp³-hybridized carbons (Fsp3) is 0.316. The number of carbonyl (C=O) groups is 4. The molecule has 15 heteroatoms. The second kappa shape index (κ2) is 14.8. The number of anilines is 3. The van der Waals surface area contributed by atoms with Gasteiger partial charge in [0.2, 0.25) is 17.7 Å². The molecule has 3 N–H and O–H groups in total. The summed E-state index contributed by atoms with van der Waals surface area (Å²) in [6.07, 6.45) is 2.54. The molecular formula is C38H39FN6O7S. The molecule has 1 unspecified atom stereocenters. The molecule has 0 spiro atoms. The molecule has 4 amide bonds. The average Bonchev–Trinajstić information content (AvgIpc) is 3.41. The van der Waals surface area contributed by atoms with Gasteiger partial charge in [0.25, 0.3) is 5.91 Å². The molecule has 3 saturated heterocycles. The van der Waals surface area contributed by atoms with E-state index in [-0.39, 0.29) is 53.7 Å². The maximum absolute atomic E-state index is 16.1. The van der Waals surface area contributed by atoms with Crippen LogP contribution in [-0.2, 0) is 36.0 Å². The Morgan fingerprint density at radius 1 is 0.962 bits per heavy atom. The van der Waals surface area contributed by atoms with Gasteiger partial charge in [0.05, 0.1) is 6.54 Å². The number of nitrogens with zero attached hydrogens (tertiary/aromatic N) is 3. The molecule has 7 rings (SSSR count). The van der Waals surface area contributed by atoms with E-state index in [9.17, 15) is 27.6 Å². The molecule has 0 aromatic heterocycles. The van der Waals surface area contributed by atoms with Crippen molar-refractivity contribution < 1.29 is 36.7 Å². The van der Waals surface area contributed by atoms with Gasteiger partial charge in [0, 0.05) is 30.2 Å². The van der Waals surface area contributed by atoms with Crippen LogP contribution < -0.4 is 29.3 Å². The second-order valence-corrected chi connectivity index (χ2v) is 15.1. The minimum absolute atomic E-state index is 0.0222. The van der Waals surface area contributed by atoms with Crippen molar-refractivity contribution in [3.8, 4) is 5.75 Å². The number of benzene rings is 4. The highest BCUT2D eigenvalue weighted by Crippen LogP contribution is 2.40. The molecule has 0 aliphatic carbocycles. The molecule has 3 aliphatic rings. The molecule has 0 radical (unpaired) electrons. The topological polar surface area (TPSA) is 157 Å². The Morgan fingerprint density at radius 3 is 2.38 bits per heavy atom. The first-order chi connectivity index (χ1) is 25.4. The van der Waals surface area contributed by atoms with Gasteiger partial charge >= 0.3 is 10.2 Å². The van der Waals surface area contributed by atoms with Crippen molar-refractivity contribution in [3.63, 3.8) is 0 Å². The van der Waals surface area contributed by atoms with Crippen molar-refractivity contribution in [1.82, 2.24) is 14.9 Å². The first kappa shape index (κ1) is 35.8. The van der Waals surface area contributed by atoms with Gasteiger partial charge in [-0.2, -0.15) is 8.42 Å². The van der Waals surface area contributed by atoms with E-state index in [0.29, 0.717) is 34.1 Å². The Morgan fingerprint density at radius 2 is 1.70 bits per heavy atom. The second-order valence-electron chi connectivity index (χ2n) is 13.6. The van der Waals surface area contributed by atoms with Crippen molar-refractivity contribution in [1.29, 1.82) is 0 Å². The quantitative estimate of drug-likeness (QED) is 0.206. The number of hydrogen-bond acceptors (Lipinski definition) is 9. The lowest BCUT2D eigenvalue weighted by Crippen LogP contribution is -2.51. The van der Waals surface area contributed by atoms with E-state index >= 15 is 4.39 Å². The van der Waals surface area contributed by atoms with Crippen LogP contribution in [0.1, 0.15) is 42.7 Å². The highest BCUT2D eigenvalue weighted by molar-refractivity contribution is 7.92. The van der Waals surface area contributed by atoms with Gasteiger partial charge in [-0.05, 0) is 91.2 Å². The highest BCUT2D eigenvalue weighted by Gasteiger charge is 2.38. The summed E-state index contributed by atoms with van der Waals surface area (Å²) in [6.45, 7) is 1.05. The van der Waals surface area contributed by atoms with E-state index in [2.05, 4.69) is 27.7 Å². The third kappa shape index (κ3) is 7.81. The van der Waals surface area contributed by atoms with Gasteiger partial charge in [0.1, 0.15) is 30.6 Å². The maximum atomic E-state index is 16.1. The Hall–Kier alpha value is -5.54. The van der Waals surface area contributed by atoms with Crippen molar-refractivity contribution in [3.05, 3.63) is 95.8 Å². The minimum Gasteiger partial charge on any atom is -0.487 e. The SMILES string of the molecule is CN(c1ccc(C2CCN(CC(=O)Nc3ccc4c(F)c(N5CC(=O)NS5(=O)=O)c(OCc5ccccc5)cc4c3)CC2)cc1)C1CCC(=O)NC1=O. The Labute approximate surface area is 306 Å². The van der Waals surface area contributed by atoms with Gasteiger partial charge in [0.15, 0.2) is 5.82 Å². The van der Waals surface area contributed by atoms with Crippen LogP contribution in [0.2, 0.25) is 0 Å². The molecule has 3 aliphatic heterocycles. The molecule has 53 heavy (non-hydrogen) atoms. The number of ether oxygens (including phenoxy) is 1. The summed E-state index contributed by atoms with van der Waals surface area (Å²) in [5, 5.41) is 5.78. The number of imide groups is 1. The van der Waals surface area contributed by atoms with Crippen LogP contribution in [0, 0.1) is 5.82 Å². The molecule has 276 valence electrons. The number of nitrogens with one attached hydrogen (secondary N) is 3. The summed E-state index contributed by atoms with van der Waals surface area (Å²) in [4.78, 5) is 53.0. The van der Waals surface area contributed by atoms with Gasteiger partial charge in [-0.15, -0.1) is 0 Å². The highest BCUT2D eigenvalue weighted by atomic mass is 32.2. The predicted octanol–water partition coefficient (Wildman–Crippen LogP) is 3.80. The number of rotatable bonds is 10. The molecule has 4 aromatic carbocycles. The number of piperidine rings is 2. The number of likely N-dealkylation sites (tertiary alicyclic amines) is 1. The monoisotopic (exact) mass is 742 g/mol. The van der Waals surface area contributed by atoms with Gasteiger partial charge in [-0.3, -0.25) is 29.4 Å². The van der Waals surface area contributed by atoms with E-state index in [1.165, 1.54) is 17.7 Å². The van der Waals surface area contributed by atoms with Crippen LogP contribution in [0.4, 0.5) is 21.5 Å². The van der Waals surface area contributed by atoms with Crippen LogP contribution in [0.5, 0.6) is 5.75 Å². The smallest absolute Gasteiger partial charge is 0.326 e. The third-order valence-electron chi connectivity index (χ3n) is 10.0. The van der Waals surface area contributed by atoms with Crippen LogP contribution in [0.15, 0.2) is 78.9 Å². The number of halogens is 1. The number of carbonyl (C=O) groups excluding carboxylic acids is 4. The van der Waals surface area contributed by atoms with E-state index in [1.807, 2.05) is 59.1 Å². The summed E-state index contributed by atoms with van der Waals surface area (Å²) in [7, 11) is -2.47. The summed E-state index contributed by atoms with van der Waals surface area (Å²) >= 11 is 0. The summed E-state index contributed by atoms with van der Waals surface area (Å²) in [5.41, 5.74) is 2.93. The number of hydrogen-bond donors (Lipinski definition) is 3. The molecular weight excluding hydrogens is 704 g/mol. The fourth-order valence-electron chi connectivity index (χ4n) is 7.17. The summed E-state index contributed by atoms with van der Waals surface area (Å²) in [6, 6.07) is 23.0. The first-order valence-electron chi connectivity index (χ1n) is 17.4. The van der Waals surface area contributed by atoms with Crippen LogP contribution in [-0.4, -0.2) is 76.2 Å². The summed E-state index contributed by atoms with van der Waals surface area (Å²) < 4.78 is 50.1. The van der Waals surface area contributed by atoms with Crippen molar-refractivity contribution in [2.24, 2.45) is 0 Å². The Balaban J connectivity index is 0.991. The molecule has 4 aromatic rings. The molecule has 0 bridgehead atoms. The normalized spacial score (nSPS) is 19.2. The molecule has 3 heterocycles. The van der Waals surface area contributed by atoms with E-state index in [4.69, 9.17) is 4.74 Å². The van der Waals surface area contributed by atoms with Gasteiger partial charge in [-0.25, -0.2) is 13.4 Å². The van der Waals surface area contributed by atoms with Gasteiger partial charge in [-0.1, -0.05) is 42.5 Å². The van der Waals surface area contributed by atoms with Crippen LogP contribution >= 0.6 is 0 Å². The first-order valence-corrected chi connectivity index (χ1v) is 18.8. The minimum atomic E-state index is -4.33. The number of amides is 4. The largest absolute Gasteiger partial charge is 0.487 e. The number of fused-ring (bicyclic) bond motifs is 1. The lowest BCUT2D eigenvalue weighted by Gasteiger charge is -2.33. The molecule has 13 nitrogen and oxygen atoms in total. The Kier molecular flexibility index (Phi) is 10.0. The zero-order valence-corrected chi connectivity index (χ0v) is 29.8. The van der Waals surface area contributed by atoms with Crippen molar-refractivity contribution >= 4 is 61.7 Å².